The van der Waals surface area contributed by atoms with Crippen LogP contribution in [0.4, 0.5) is 18.9 Å². The van der Waals surface area contributed by atoms with Gasteiger partial charge in [0.15, 0.2) is 5.60 Å². The predicted molar refractivity (Wildman–Crippen MR) is 144 cm³/mol. The zero-order valence-electron chi connectivity index (χ0n) is 24.1. The Balaban J connectivity index is 1.64. The SMILES string of the molecule is COC[C@@H]1C[C@@H](c2ccc(C(F)(F)F)cc2N2CCC(C(=O)O)CC2)CN1C(=O)[C@@]1(OC)CCN(C(C)(C)C)C1. The summed E-state index contributed by atoms with van der Waals surface area (Å²) in [5, 5.41) is 9.40. The van der Waals surface area contributed by atoms with Crippen LogP contribution in [-0.2, 0) is 25.2 Å². The smallest absolute Gasteiger partial charge is 0.416 e. The van der Waals surface area contributed by atoms with Crippen molar-refractivity contribution in [3.63, 3.8) is 0 Å². The molecule has 3 aliphatic heterocycles. The van der Waals surface area contributed by atoms with Crippen LogP contribution in [-0.4, -0.2) is 97.5 Å². The Morgan fingerprint density at radius 2 is 1.77 bits per heavy atom. The average molecular weight is 570 g/mol. The molecule has 11 heteroatoms. The maximum absolute atomic E-state index is 14.1. The molecule has 1 amide bonds. The first kappa shape index (κ1) is 30.6. The second kappa shape index (κ2) is 11.5. The number of alkyl halides is 3. The van der Waals surface area contributed by atoms with Gasteiger partial charge in [-0.15, -0.1) is 0 Å². The van der Waals surface area contributed by atoms with Crippen LogP contribution in [0.3, 0.4) is 0 Å². The Hall–Kier alpha value is -2.37. The molecule has 0 spiro atoms. The molecular weight excluding hydrogens is 527 g/mol. The highest BCUT2D eigenvalue weighted by atomic mass is 19.4. The normalized spacial score (nSPS) is 27.0. The van der Waals surface area contributed by atoms with Gasteiger partial charge >= 0.3 is 12.1 Å². The highest BCUT2D eigenvalue weighted by Crippen LogP contribution is 2.43. The van der Waals surface area contributed by atoms with Gasteiger partial charge in [-0.2, -0.15) is 13.2 Å². The van der Waals surface area contributed by atoms with Crippen LogP contribution in [0.25, 0.3) is 0 Å². The number of aliphatic carboxylic acids is 1. The number of rotatable bonds is 7. The minimum Gasteiger partial charge on any atom is -0.481 e. The van der Waals surface area contributed by atoms with Crippen LogP contribution in [0.1, 0.15) is 63.5 Å². The molecule has 3 atom stereocenters. The fourth-order valence-corrected chi connectivity index (χ4v) is 6.49. The minimum absolute atomic E-state index is 0.109. The van der Waals surface area contributed by atoms with Crippen molar-refractivity contribution in [2.45, 2.75) is 75.7 Å². The van der Waals surface area contributed by atoms with E-state index in [2.05, 4.69) is 25.7 Å². The maximum Gasteiger partial charge on any atom is 0.416 e. The highest BCUT2D eigenvalue weighted by molar-refractivity contribution is 5.87. The van der Waals surface area contributed by atoms with Gasteiger partial charge in [0.1, 0.15) is 0 Å². The second-order valence-electron chi connectivity index (χ2n) is 12.4. The highest BCUT2D eigenvalue weighted by Gasteiger charge is 2.52. The van der Waals surface area contributed by atoms with Gasteiger partial charge in [-0.3, -0.25) is 14.5 Å². The summed E-state index contributed by atoms with van der Waals surface area (Å²) in [6.07, 6.45) is -2.66. The molecule has 0 radical (unpaired) electrons. The van der Waals surface area contributed by atoms with Gasteiger partial charge in [0.25, 0.3) is 5.91 Å². The number of benzene rings is 1. The molecule has 8 nitrogen and oxygen atoms in total. The summed E-state index contributed by atoms with van der Waals surface area (Å²) in [6, 6.07) is 3.58. The molecule has 3 aliphatic rings. The zero-order chi connectivity index (χ0) is 29.5. The average Bonchev–Trinajstić information content (AvgIpc) is 3.53. The van der Waals surface area contributed by atoms with Crippen molar-refractivity contribution in [1.82, 2.24) is 9.80 Å². The molecule has 0 aliphatic carbocycles. The van der Waals surface area contributed by atoms with Crippen LogP contribution >= 0.6 is 0 Å². The Kier molecular flexibility index (Phi) is 8.78. The van der Waals surface area contributed by atoms with Crippen molar-refractivity contribution in [3.8, 4) is 0 Å². The van der Waals surface area contributed by atoms with Crippen LogP contribution in [0, 0.1) is 5.92 Å². The number of hydrogen-bond donors (Lipinski definition) is 1. The largest absolute Gasteiger partial charge is 0.481 e. The molecule has 1 N–H and O–H groups in total. The number of carbonyl (C=O) groups excluding carboxylic acids is 1. The summed E-state index contributed by atoms with van der Waals surface area (Å²) in [5.41, 5.74) is -0.640. The van der Waals surface area contributed by atoms with Gasteiger partial charge in [-0.1, -0.05) is 6.07 Å². The molecule has 0 saturated carbocycles. The number of carboxylic acid groups (broad SMARTS) is 1. The third-order valence-corrected chi connectivity index (χ3v) is 8.98. The van der Waals surface area contributed by atoms with Gasteiger partial charge < -0.3 is 24.4 Å². The van der Waals surface area contributed by atoms with E-state index in [0.29, 0.717) is 64.2 Å². The number of carbonyl (C=O) groups is 2. The minimum atomic E-state index is -4.50. The topological polar surface area (TPSA) is 82.5 Å². The van der Waals surface area contributed by atoms with E-state index < -0.39 is 29.2 Å². The molecule has 0 aromatic heterocycles. The van der Waals surface area contributed by atoms with E-state index in [-0.39, 0.29) is 23.4 Å². The number of halogens is 3. The predicted octanol–water partition coefficient (Wildman–Crippen LogP) is 4.23. The monoisotopic (exact) mass is 569 g/mol. The number of hydrogen-bond acceptors (Lipinski definition) is 6. The lowest BCUT2D eigenvalue weighted by Crippen LogP contribution is -2.55. The lowest BCUT2D eigenvalue weighted by atomic mass is 9.91. The van der Waals surface area contributed by atoms with Crippen LogP contribution in [0.2, 0.25) is 0 Å². The molecule has 1 aromatic rings. The van der Waals surface area contributed by atoms with Gasteiger partial charge in [0, 0.05) is 64.1 Å². The van der Waals surface area contributed by atoms with E-state index in [0.717, 1.165) is 18.2 Å². The first-order valence-electron chi connectivity index (χ1n) is 14.0. The van der Waals surface area contributed by atoms with E-state index in [1.54, 1.807) is 14.2 Å². The molecule has 0 bridgehead atoms. The van der Waals surface area contributed by atoms with Gasteiger partial charge in [0.05, 0.1) is 24.1 Å². The van der Waals surface area contributed by atoms with Gasteiger partial charge in [-0.05, 0) is 64.2 Å². The second-order valence-corrected chi connectivity index (χ2v) is 12.4. The van der Waals surface area contributed by atoms with E-state index in [1.165, 1.54) is 12.1 Å². The summed E-state index contributed by atoms with van der Waals surface area (Å²) in [5.74, 6) is -1.68. The van der Waals surface area contributed by atoms with Crippen molar-refractivity contribution < 1.29 is 37.3 Å². The molecule has 4 rings (SSSR count). The van der Waals surface area contributed by atoms with Crippen molar-refractivity contribution in [2.24, 2.45) is 5.92 Å². The van der Waals surface area contributed by atoms with Crippen LogP contribution < -0.4 is 4.90 Å². The molecular formula is C29H42F3N3O5. The van der Waals surface area contributed by atoms with Crippen molar-refractivity contribution in [2.75, 3.05) is 58.5 Å². The fraction of sp³-hybridized carbons (Fsp3) is 0.724. The number of likely N-dealkylation sites (tertiary alicyclic amines) is 2. The fourth-order valence-electron chi connectivity index (χ4n) is 6.49. The Labute approximate surface area is 234 Å². The summed E-state index contributed by atoms with van der Waals surface area (Å²) < 4.78 is 52.6. The first-order valence-corrected chi connectivity index (χ1v) is 14.0. The van der Waals surface area contributed by atoms with E-state index in [1.807, 2.05) is 9.80 Å². The zero-order valence-corrected chi connectivity index (χ0v) is 24.1. The van der Waals surface area contributed by atoms with Crippen LogP contribution in [0.5, 0.6) is 0 Å². The molecule has 40 heavy (non-hydrogen) atoms. The molecule has 3 saturated heterocycles. The Bertz CT molecular complexity index is 1080. The lowest BCUT2D eigenvalue weighted by molar-refractivity contribution is -0.155. The number of nitrogens with zero attached hydrogens (tertiary/aromatic N) is 3. The number of amides is 1. The van der Waals surface area contributed by atoms with E-state index in [9.17, 15) is 27.9 Å². The number of methoxy groups -OCH3 is 2. The summed E-state index contributed by atoms with van der Waals surface area (Å²) >= 11 is 0. The number of carboxylic acids is 1. The third-order valence-electron chi connectivity index (χ3n) is 8.98. The molecule has 3 fully saturated rings. The standard InChI is InChI=1S/C29H42F3N3O5/c1-27(2,3)34-13-10-28(18-34,40-5)26(38)35-16-20(14-22(35)17-39-4)23-7-6-21(29(30,31)32)15-24(23)33-11-8-19(9-12-33)25(36)37/h6-7,15,19-20,22H,8-14,16-18H2,1-5H3,(H,36,37)/t20-,22+,28-/m1/s1. The number of anilines is 1. The molecule has 224 valence electrons. The lowest BCUT2D eigenvalue weighted by Gasteiger charge is -2.37. The van der Waals surface area contributed by atoms with Gasteiger partial charge in [-0.25, -0.2) is 0 Å². The van der Waals surface area contributed by atoms with Crippen molar-refractivity contribution >= 4 is 17.6 Å². The number of piperidine rings is 1. The summed E-state index contributed by atoms with van der Waals surface area (Å²) in [4.78, 5) is 31.5. The molecule has 1 aromatic carbocycles. The van der Waals surface area contributed by atoms with Crippen LogP contribution in [0.15, 0.2) is 18.2 Å². The maximum atomic E-state index is 14.1. The van der Waals surface area contributed by atoms with Crippen molar-refractivity contribution in [3.05, 3.63) is 29.3 Å². The Morgan fingerprint density at radius 3 is 2.30 bits per heavy atom. The molecule has 3 heterocycles. The number of ether oxygens (including phenoxy) is 2. The van der Waals surface area contributed by atoms with Gasteiger partial charge in [0.2, 0.25) is 0 Å². The first-order chi connectivity index (χ1) is 18.7. The quantitative estimate of drug-likeness (QED) is 0.527. The summed E-state index contributed by atoms with van der Waals surface area (Å²) in [6.45, 7) is 8.88. The molecule has 0 unspecified atom stereocenters. The Morgan fingerprint density at radius 1 is 1.10 bits per heavy atom. The van der Waals surface area contributed by atoms with Crippen molar-refractivity contribution in [1.29, 1.82) is 0 Å². The van der Waals surface area contributed by atoms with E-state index in [4.69, 9.17) is 9.47 Å². The third kappa shape index (κ3) is 6.11. The summed E-state index contributed by atoms with van der Waals surface area (Å²) in [7, 11) is 3.15. The van der Waals surface area contributed by atoms with E-state index >= 15 is 0 Å².